The molecule has 0 aliphatic carbocycles. The maximum Gasteiger partial charge on any atom is 0.276 e. The zero-order valence-electron chi connectivity index (χ0n) is 18.0. The van der Waals surface area contributed by atoms with E-state index in [1.807, 2.05) is 6.92 Å². The van der Waals surface area contributed by atoms with Gasteiger partial charge in [-0.15, -0.1) is 0 Å². The normalized spacial score (nSPS) is 14.1. The number of methoxy groups -OCH3 is 1. The van der Waals surface area contributed by atoms with Crippen molar-refractivity contribution in [3.8, 4) is 11.5 Å². The van der Waals surface area contributed by atoms with Crippen molar-refractivity contribution in [2.24, 2.45) is 0 Å². The molecule has 1 amide bonds. The summed E-state index contributed by atoms with van der Waals surface area (Å²) >= 11 is 0. The third-order valence-electron chi connectivity index (χ3n) is 5.34. The fourth-order valence-electron chi connectivity index (χ4n) is 3.67. The highest BCUT2D eigenvalue weighted by molar-refractivity contribution is 7.89. The molecule has 1 aromatic heterocycles. The first-order valence-electron chi connectivity index (χ1n) is 10.4. The Labute approximate surface area is 186 Å². The van der Waals surface area contributed by atoms with Gasteiger partial charge in [-0.1, -0.05) is 11.2 Å². The Bertz CT molecular complexity index is 1230. The SMILES string of the molecule is CCOc1ccc(CNS(=O)(=O)c2ccc3onc(C(=O)N4CCCC4)c3c2)cc1OC. The van der Waals surface area contributed by atoms with Crippen molar-refractivity contribution in [2.75, 3.05) is 26.8 Å². The molecule has 1 N–H and O–H groups in total. The summed E-state index contributed by atoms with van der Waals surface area (Å²) in [7, 11) is -2.32. The van der Waals surface area contributed by atoms with E-state index in [2.05, 4.69) is 9.88 Å². The number of carbonyl (C=O) groups excluding carboxylic acids is 1. The number of ether oxygens (including phenoxy) is 2. The van der Waals surface area contributed by atoms with Crippen LogP contribution < -0.4 is 14.2 Å². The van der Waals surface area contributed by atoms with E-state index in [0.717, 1.165) is 12.8 Å². The third-order valence-corrected chi connectivity index (χ3v) is 6.74. The van der Waals surface area contributed by atoms with Gasteiger partial charge in [-0.3, -0.25) is 4.79 Å². The van der Waals surface area contributed by atoms with Gasteiger partial charge in [0.1, 0.15) is 0 Å². The van der Waals surface area contributed by atoms with Crippen LogP contribution in [0.2, 0.25) is 0 Å². The number of carbonyl (C=O) groups is 1. The summed E-state index contributed by atoms with van der Waals surface area (Å²) in [5.74, 6) is 0.875. The van der Waals surface area contributed by atoms with Gasteiger partial charge in [-0.2, -0.15) is 0 Å². The Morgan fingerprint density at radius 1 is 1.16 bits per heavy atom. The highest BCUT2D eigenvalue weighted by atomic mass is 32.2. The minimum atomic E-state index is -3.85. The van der Waals surface area contributed by atoms with Crippen molar-refractivity contribution in [1.82, 2.24) is 14.8 Å². The van der Waals surface area contributed by atoms with Gasteiger partial charge in [0.05, 0.1) is 24.0 Å². The number of hydrogen-bond donors (Lipinski definition) is 1. The summed E-state index contributed by atoms with van der Waals surface area (Å²) in [5, 5.41) is 4.27. The molecule has 0 radical (unpaired) electrons. The smallest absolute Gasteiger partial charge is 0.276 e. The number of fused-ring (bicyclic) bond motifs is 1. The maximum atomic E-state index is 12.9. The molecule has 10 heteroatoms. The number of benzene rings is 2. The zero-order valence-corrected chi connectivity index (χ0v) is 18.8. The molecule has 2 heterocycles. The molecule has 0 saturated carbocycles. The van der Waals surface area contributed by atoms with E-state index in [1.54, 1.807) is 23.1 Å². The van der Waals surface area contributed by atoms with E-state index in [4.69, 9.17) is 14.0 Å². The van der Waals surface area contributed by atoms with Crippen molar-refractivity contribution >= 4 is 26.9 Å². The lowest BCUT2D eigenvalue weighted by Crippen LogP contribution is -2.28. The summed E-state index contributed by atoms with van der Waals surface area (Å²) in [6, 6.07) is 9.60. The molecular formula is C22H25N3O6S. The van der Waals surface area contributed by atoms with E-state index in [1.165, 1.54) is 25.3 Å². The van der Waals surface area contributed by atoms with Gasteiger partial charge in [-0.05, 0) is 55.7 Å². The predicted molar refractivity (Wildman–Crippen MR) is 117 cm³/mol. The molecule has 0 unspecified atom stereocenters. The molecule has 1 fully saturated rings. The fraction of sp³-hybridized carbons (Fsp3) is 0.364. The van der Waals surface area contributed by atoms with Crippen molar-refractivity contribution < 1.29 is 27.2 Å². The molecule has 1 aliphatic rings. The maximum absolute atomic E-state index is 12.9. The molecular weight excluding hydrogens is 434 g/mol. The fourth-order valence-corrected chi connectivity index (χ4v) is 4.71. The van der Waals surface area contributed by atoms with Crippen LogP contribution in [0, 0.1) is 0 Å². The first kappa shape index (κ1) is 22.1. The van der Waals surface area contributed by atoms with Crippen LogP contribution in [-0.2, 0) is 16.6 Å². The van der Waals surface area contributed by atoms with Crippen LogP contribution in [0.4, 0.5) is 0 Å². The van der Waals surface area contributed by atoms with Crippen LogP contribution in [0.1, 0.15) is 35.8 Å². The average Bonchev–Trinajstić information content (AvgIpc) is 3.48. The van der Waals surface area contributed by atoms with Crippen LogP contribution >= 0.6 is 0 Å². The lowest BCUT2D eigenvalue weighted by Gasteiger charge is -2.13. The Morgan fingerprint density at radius 2 is 1.94 bits per heavy atom. The zero-order chi connectivity index (χ0) is 22.7. The molecule has 4 rings (SSSR count). The van der Waals surface area contributed by atoms with Crippen LogP contribution in [0.15, 0.2) is 45.8 Å². The topological polar surface area (TPSA) is 111 Å². The average molecular weight is 460 g/mol. The molecule has 0 atom stereocenters. The van der Waals surface area contributed by atoms with Gasteiger partial charge in [-0.25, -0.2) is 13.1 Å². The highest BCUT2D eigenvalue weighted by Crippen LogP contribution is 2.28. The molecule has 0 spiro atoms. The van der Waals surface area contributed by atoms with Gasteiger partial charge in [0.25, 0.3) is 5.91 Å². The first-order chi connectivity index (χ1) is 15.4. The number of nitrogens with zero attached hydrogens (tertiary/aromatic N) is 2. The number of sulfonamides is 1. The highest BCUT2D eigenvalue weighted by Gasteiger charge is 2.26. The van der Waals surface area contributed by atoms with Gasteiger partial charge in [0.15, 0.2) is 22.8 Å². The lowest BCUT2D eigenvalue weighted by molar-refractivity contribution is 0.0784. The van der Waals surface area contributed by atoms with Crippen molar-refractivity contribution in [3.63, 3.8) is 0 Å². The van der Waals surface area contributed by atoms with Crippen LogP contribution in [0.3, 0.4) is 0 Å². The molecule has 9 nitrogen and oxygen atoms in total. The number of rotatable bonds is 8. The van der Waals surface area contributed by atoms with E-state index in [9.17, 15) is 13.2 Å². The molecule has 32 heavy (non-hydrogen) atoms. The molecule has 170 valence electrons. The number of hydrogen-bond acceptors (Lipinski definition) is 7. The second-order valence-electron chi connectivity index (χ2n) is 7.43. The molecule has 1 aliphatic heterocycles. The summed E-state index contributed by atoms with van der Waals surface area (Å²) in [5.41, 5.74) is 1.21. The minimum absolute atomic E-state index is 0.0292. The molecule has 2 aromatic carbocycles. The Kier molecular flexibility index (Phi) is 6.33. The third kappa shape index (κ3) is 4.42. The number of nitrogens with one attached hydrogen (secondary N) is 1. The Morgan fingerprint density at radius 3 is 2.66 bits per heavy atom. The van der Waals surface area contributed by atoms with Crippen LogP contribution in [0.25, 0.3) is 11.0 Å². The van der Waals surface area contributed by atoms with E-state index in [-0.39, 0.29) is 23.0 Å². The lowest BCUT2D eigenvalue weighted by atomic mass is 10.2. The Balaban J connectivity index is 1.55. The Hall–Kier alpha value is -3.11. The predicted octanol–water partition coefficient (Wildman–Crippen LogP) is 2.95. The van der Waals surface area contributed by atoms with Crippen LogP contribution in [0.5, 0.6) is 11.5 Å². The van der Waals surface area contributed by atoms with Gasteiger partial charge < -0.3 is 18.9 Å². The van der Waals surface area contributed by atoms with Crippen LogP contribution in [-0.4, -0.2) is 51.2 Å². The first-order valence-corrected chi connectivity index (χ1v) is 11.9. The monoisotopic (exact) mass is 459 g/mol. The largest absolute Gasteiger partial charge is 0.493 e. The van der Waals surface area contributed by atoms with Crippen molar-refractivity contribution in [1.29, 1.82) is 0 Å². The number of aromatic nitrogens is 1. The number of likely N-dealkylation sites (tertiary alicyclic amines) is 1. The van der Waals surface area contributed by atoms with Crippen molar-refractivity contribution in [3.05, 3.63) is 47.7 Å². The minimum Gasteiger partial charge on any atom is -0.493 e. The molecule has 3 aromatic rings. The summed E-state index contributed by atoms with van der Waals surface area (Å²) in [6.45, 7) is 3.76. The van der Waals surface area contributed by atoms with E-state index >= 15 is 0 Å². The van der Waals surface area contributed by atoms with E-state index < -0.39 is 10.0 Å². The summed E-state index contributed by atoms with van der Waals surface area (Å²) < 4.78 is 44.5. The summed E-state index contributed by atoms with van der Waals surface area (Å²) in [4.78, 5) is 14.5. The van der Waals surface area contributed by atoms with Gasteiger partial charge in [0.2, 0.25) is 10.0 Å². The van der Waals surface area contributed by atoms with Gasteiger partial charge >= 0.3 is 0 Å². The van der Waals surface area contributed by atoms with Gasteiger partial charge in [0, 0.05) is 19.6 Å². The number of amides is 1. The molecule has 1 saturated heterocycles. The quantitative estimate of drug-likeness (QED) is 0.551. The second-order valence-corrected chi connectivity index (χ2v) is 9.20. The second kappa shape index (κ2) is 9.17. The molecule has 0 bridgehead atoms. The standard InChI is InChI=1S/C22H25N3O6S/c1-3-30-19-8-6-15(12-20(19)29-2)14-23-32(27,28)16-7-9-18-17(13-16)21(24-31-18)22(26)25-10-4-5-11-25/h6-9,12-13,23H,3-5,10-11,14H2,1-2H3. The summed E-state index contributed by atoms with van der Waals surface area (Å²) in [6.07, 6.45) is 1.89. The van der Waals surface area contributed by atoms with E-state index in [0.29, 0.717) is 47.7 Å². The van der Waals surface area contributed by atoms with Crippen molar-refractivity contribution in [2.45, 2.75) is 31.2 Å².